The summed E-state index contributed by atoms with van der Waals surface area (Å²) in [4.78, 5) is 50.6. The SMILES string of the molecule is CC(=O)OC1(C#N)CCCCC1C[N+](C)(C)C(=O)Cc1ccc(-c2ccc(CC(=O)[N+](C)(C)CC3CCCCC3(C#N)OC(C)=O)cc2)cc1.[Br-].[Br-]. The molecule has 2 aliphatic rings. The number of hydrogen-bond acceptors (Lipinski definition) is 8. The number of carbonyl (C=O) groups excluding carboxylic acids is 4. The molecule has 2 saturated carbocycles. The van der Waals surface area contributed by atoms with Gasteiger partial charge in [-0.25, -0.2) is 9.59 Å². The van der Waals surface area contributed by atoms with Gasteiger partial charge in [-0.1, -0.05) is 61.4 Å². The lowest BCUT2D eigenvalue weighted by atomic mass is 9.75. The van der Waals surface area contributed by atoms with Crippen LogP contribution in [0.15, 0.2) is 48.5 Å². The molecule has 52 heavy (non-hydrogen) atoms. The smallest absolute Gasteiger partial charge is 0.317 e. The van der Waals surface area contributed by atoms with Crippen molar-refractivity contribution in [2.24, 2.45) is 11.8 Å². The van der Waals surface area contributed by atoms with E-state index in [0.29, 0.717) is 25.9 Å². The van der Waals surface area contributed by atoms with Crippen LogP contribution >= 0.6 is 0 Å². The Morgan fingerprint density at radius 1 is 0.635 bits per heavy atom. The predicted octanol–water partition coefficient (Wildman–Crippen LogP) is -0.316. The van der Waals surface area contributed by atoms with Gasteiger partial charge in [0.25, 0.3) is 0 Å². The summed E-state index contributed by atoms with van der Waals surface area (Å²) in [5, 5.41) is 20.0. The standard InChI is InChI=1S/C40H52N4O6.2BrH/c1-29(45)49-39(27-41)21-9-7-11-35(39)25-43(3,4)37(47)23-31-13-17-33(18-14-31)34-19-15-32(16-20-34)24-38(48)44(5,6)26-36-12-8-10-22-40(36,28-42)50-30(2)46;;/h13-20,35-36H,7-12,21-26H2,1-6H3;2*1H/q+2;;/p-2. The van der Waals surface area contributed by atoms with Crippen molar-refractivity contribution in [3.63, 3.8) is 0 Å². The van der Waals surface area contributed by atoms with Crippen molar-refractivity contribution in [2.75, 3.05) is 41.3 Å². The number of hydrogen-bond donors (Lipinski definition) is 0. The molecule has 0 aromatic heterocycles. The van der Waals surface area contributed by atoms with E-state index in [1.54, 1.807) is 0 Å². The van der Waals surface area contributed by atoms with Crippen molar-refractivity contribution in [3.05, 3.63) is 59.7 Å². The molecular formula is C40H52Br2N4O6. The minimum atomic E-state index is -1.19. The number of halogens is 2. The predicted molar refractivity (Wildman–Crippen MR) is 187 cm³/mol. The van der Waals surface area contributed by atoms with Gasteiger partial charge in [-0.15, -0.1) is 0 Å². The van der Waals surface area contributed by atoms with Gasteiger partial charge in [0.15, 0.2) is 0 Å². The maximum atomic E-state index is 13.5. The van der Waals surface area contributed by atoms with Crippen LogP contribution in [0.3, 0.4) is 0 Å². The van der Waals surface area contributed by atoms with Crippen LogP contribution in [0.5, 0.6) is 0 Å². The van der Waals surface area contributed by atoms with E-state index in [2.05, 4.69) is 12.1 Å². The van der Waals surface area contributed by atoms with E-state index in [4.69, 9.17) is 9.47 Å². The Bertz CT molecular complexity index is 1540. The molecule has 4 atom stereocenters. The Morgan fingerprint density at radius 2 is 0.962 bits per heavy atom. The summed E-state index contributed by atoms with van der Waals surface area (Å²) >= 11 is 0. The summed E-state index contributed by atoms with van der Waals surface area (Å²) in [7, 11) is 7.41. The van der Waals surface area contributed by atoms with Gasteiger partial charge in [0.2, 0.25) is 11.2 Å². The molecule has 0 bridgehead atoms. The average Bonchev–Trinajstić information content (AvgIpc) is 3.06. The summed E-state index contributed by atoms with van der Waals surface area (Å²) in [6, 6.07) is 20.3. The molecule has 0 spiro atoms. The van der Waals surface area contributed by atoms with E-state index in [9.17, 15) is 29.7 Å². The lowest BCUT2D eigenvalue weighted by Gasteiger charge is -2.41. The first-order valence-corrected chi connectivity index (χ1v) is 17.7. The molecule has 0 radical (unpaired) electrons. The first kappa shape index (κ1) is 44.7. The highest BCUT2D eigenvalue weighted by atomic mass is 79.9. The Hall–Kier alpha value is -3.42. The number of benzene rings is 2. The summed E-state index contributed by atoms with van der Waals surface area (Å²) in [5.41, 5.74) is 1.37. The normalized spacial score (nSPS) is 23.0. The molecular weight excluding hydrogens is 792 g/mol. The molecule has 0 heterocycles. The number of rotatable bonds is 11. The number of ether oxygens (including phenoxy) is 2. The molecule has 0 saturated heterocycles. The van der Waals surface area contributed by atoms with Crippen LogP contribution in [-0.4, -0.2) is 85.2 Å². The Kier molecular flexibility index (Phi) is 16.0. The number of esters is 2. The third-order valence-corrected chi connectivity index (χ3v) is 10.7. The molecule has 0 aliphatic heterocycles. The van der Waals surface area contributed by atoms with Crippen molar-refractivity contribution in [3.8, 4) is 23.3 Å². The molecule has 4 unspecified atom stereocenters. The molecule has 10 nitrogen and oxygen atoms in total. The van der Waals surface area contributed by atoms with Gasteiger partial charge in [0.05, 0.1) is 66.0 Å². The molecule has 2 aromatic rings. The summed E-state index contributed by atoms with van der Waals surface area (Å²) in [6.07, 6.45) is 6.40. The second-order valence-electron chi connectivity index (χ2n) is 15.3. The van der Waals surface area contributed by atoms with Gasteiger partial charge < -0.3 is 43.4 Å². The van der Waals surface area contributed by atoms with E-state index in [-0.39, 0.29) is 79.4 Å². The van der Waals surface area contributed by atoms with Crippen molar-refractivity contribution >= 4 is 23.8 Å². The highest BCUT2D eigenvalue weighted by Gasteiger charge is 2.49. The van der Waals surface area contributed by atoms with Gasteiger partial charge in [-0.2, -0.15) is 10.5 Å². The fourth-order valence-electron chi connectivity index (χ4n) is 7.74. The average molecular weight is 845 g/mol. The van der Waals surface area contributed by atoms with E-state index < -0.39 is 23.1 Å². The Labute approximate surface area is 329 Å². The van der Waals surface area contributed by atoms with E-state index in [1.165, 1.54) is 13.8 Å². The summed E-state index contributed by atoms with van der Waals surface area (Å²) < 4.78 is 11.3. The topological polar surface area (TPSA) is 134 Å². The lowest BCUT2D eigenvalue weighted by Crippen LogP contribution is -3.00. The minimum Gasteiger partial charge on any atom is -1.00 e. The van der Waals surface area contributed by atoms with Crippen molar-refractivity contribution in [1.29, 1.82) is 10.5 Å². The molecule has 4 rings (SSSR count). The highest BCUT2D eigenvalue weighted by Crippen LogP contribution is 2.39. The quantitative estimate of drug-likeness (QED) is 0.222. The van der Waals surface area contributed by atoms with Crippen LogP contribution in [-0.2, 0) is 41.5 Å². The Morgan fingerprint density at radius 3 is 1.25 bits per heavy atom. The largest absolute Gasteiger partial charge is 1.00 e. The molecule has 0 N–H and O–H groups in total. The number of amides is 2. The molecule has 2 aliphatic carbocycles. The van der Waals surface area contributed by atoms with Crippen molar-refractivity contribution in [2.45, 2.75) is 89.3 Å². The van der Waals surface area contributed by atoms with Crippen LogP contribution in [0.1, 0.15) is 76.3 Å². The molecule has 12 heteroatoms. The van der Waals surface area contributed by atoms with Crippen LogP contribution < -0.4 is 34.0 Å². The third-order valence-electron chi connectivity index (χ3n) is 10.7. The highest BCUT2D eigenvalue weighted by molar-refractivity contribution is 5.74. The molecule has 2 fully saturated rings. The zero-order chi connectivity index (χ0) is 36.7. The third kappa shape index (κ3) is 10.8. The number of nitrogens with zero attached hydrogens (tertiary/aromatic N) is 4. The summed E-state index contributed by atoms with van der Waals surface area (Å²) in [5.74, 6) is -1.36. The maximum absolute atomic E-state index is 13.5. The minimum absolute atomic E-state index is 0. The van der Waals surface area contributed by atoms with Crippen LogP contribution in [0.2, 0.25) is 0 Å². The van der Waals surface area contributed by atoms with Gasteiger partial charge in [0, 0.05) is 26.7 Å². The van der Waals surface area contributed by atoms with Crippen molar-refractivity contribution < 1.29 is 71.6 Å². The molecule has 2 aromatic carbocycles. The van der Waals surface area contributed by atoms with E-state index >= 15 is 0 Å². The van der Waals surface area contributed by atoms with Gasteiger partial charge >= 0.3 is 23.8 Å². The zero-order valence-electron chi connectivity index (χ0n) is 31.3. The maximum Gasteiger partial charge on any atom is 0.317 e. The van der Waals surface area contributed by atoms with Crippen LogP contribution in [0.4, 0.5) is 0 Å². The fraction of sp³-hybridized carbons (Fsp3) is 0.550. The number of likely N-dealkylation sites (N-methyl/N-ethyl adjacent to an activating group) is 2. The number of carbonyl (C=O) groups is 4. The van der Waals surface area contributed by atoms with E-state index in [0.717, 1.165) is 60.8 Å². The Balaban J connectivity index is 0.00000468. The van der Waals surface area contributed by atoms with Gasteiger partial charge in [0.1, 0.15) is 12.1 Å². The zero-order valence-corrected chi connectivity index (χ0v) is 34.4. The summed E-state index contributed by atoms with van der Waals surface area (Å²) in [6.45, 7) is 3.48. The number of quaternary nitrogens is 2. The second kappa shape index (κ2) is 18.6. The second-order valence-corrected chi connectivity index (χ2v) is 15.3. The van der Waals surface area contributed by atoms with Crippen LogP contribution in [0.25, 0.3) is 11.1 Å². The van der Waals surface area contributed by atoms with E-state index in [1.807, 2.05) is 76.7 Å². The first-order chi connectivity index (χ1) is 23.5. The van der Waals surface area contributed by atoms with Gasteiger partial charge in [-0.3, -0.25) is 18.6 Å². The van der Waals surface area contributed by atoms with Gasteiger partial charge in [-0.05, 0) is 47.9 Å². The number of nitriles is 2. The fourth-order valence-corrected chi connectivity index (χ4v) is 7.74. The molecule has 2 amide bonds. The first-order valence-electron chi connectivity index (χ1n) is 17.7. The van der Waals surface area contributed by atoms with Crippen molar-refractivity contribution in [1.82, 2.24) is 0 Å². The monoisotopic (exact) mass is 842 g/mol. The van der Waals surface area contributed by atoms with Crippen LogP contribution in [0, 0.1) is 34.5 Å². The molecule has 282 valence electrons. The lowest BCUT2D eigenvalue weighted by molar-refractivity contribution is -0.819.